The maximum absolute atomic E-state index is 12.2. The third kappa shape index (κ3) is 3.80. The minimum atomic E-state index is -0.468. The highest BCUT2D eigenvalue weighted by Crippen LogP contribution is 2.36. The fourth-order valence-electron chi connectivity index (χ4n) is 2.13. The summed E-state index contributed by atoms with van der Waals surface area (Å²) in [5.41, 5.74) is 1.36. The Kier molecular flexibility index (Phi) is 5.70. The van der Waals surface area contributed by atoms with E-state index in [2.05, 4.69) is 10.3 Å². The molecular weight excluding hydrogens is 375 g/mol. The highest BCUT2D eigenvalue weighted by atomic mass is 35.5. The van der Waals surface area contributed by atoms with Crippen LogP contribution in [0.1, 0.15) is 20.3 Å². The van der Waals surface area contributed by atoms with Crippen LogP contribution < -0.4 is 5.32 Å². The van der Waals surface area contributed by atoms with Gasteiger partial charge >= 0.3 is 0 Å². The first kappa shape index (κ1) is 18.5. The summed E-state index contributed by atoms with van der Waals surface area (Å²) in [5.74, 6) is -1.10. The number of hydrogen-bond acceptors (Lipinski definition) is 4. The summed E-state index contributed by atoms with van der Waals surface area (Å²) >= 11 is 17.9. The molecule has 2 N–H and O–H groups in total. The maximum atomic E-state index is 12.2. The van der Waals surface area contributed by atoms with Crippen molar-refractivity contribution < 1.29 is 14.7 Å². The molecular formula is C16H13Cl3N2O3. The SMILES string of the molecule is CCC1=C(Cl)C(=O)C(NC(C)=O)=CC1=Nc1cc(Cl)c(O)c(Cl)c1. The zero-order valence-corrected chi connectivity index (χ0v) is 15.1. The average molecular weight is 388 g/mol. The molecule has 0 saturated carbocycles. The number of rotatable bonds is 3. The van der Waals surface area contributed by atoms with Crippen LogP contribution in [-0.4, -0.2) is 22.5 Å². The molecule has 1 amide bonds. The van der Waals surface area contributed by atoms with E-state index in [9.17, 15) is 14.7 Å². The number of phenolic OH excluding ortho intramolecular Hbond substituents is 1. The number of carbonyl (C=O) groups excluding carboxylic acids is 2. The first-order valence-electron chi connectivity index (χ1n) is 6.94. The number of hydrogen-bond donors (Lipinski definition) is 2. The van der Waals surface area contributed by atoms with Gasteiger partial charge in [0.05, 0.1) is 32.2 Å². The van der Waals surface area contributed by atoms with Gasteiger partial charge in [-0.2, -0.15) is 0 Å². The first-order valence-corrected chi connectivity index (χ1v) is 8.07. The van der Waals surface area contributed by atoms with E-state index in [1.807, 2.05) is 6.92 Å². The number of halogens is 3. The van der Waals surface area contributed by atoms with Crippen LogP contribution in [0.3, 0.4) is 0 Å². The Morgan fingerprint density at radius 1 is 1.25 bits per heavy atom. The van der Waals surface area contributed by atoms with Crippen LogP contribution in [0.25, 0.3) is 0 Å². The van der Waals surface area contributed by atoms with Gasteiger partial charge in [-0.25, -0.2) is 4.99 Å². The fourth-order valence-corrected chi connectivity index (χ4v) is 2.94. The third-order valence-electron chi connectivity index (χ3n) is 3.21. The molecule has 0 heterocycles. The van der Waals surface area contributed by atoms with Gasteiger partial charge in [-0.05, 0) is 24.6 Å². The highest BCUT2D eigenvalue weighted by molar-refractivity contribution is 6.49. The molecule has 0 saturated heterocycles. The first-order chi connectivity index (χ1) is 11.2. The van der Waals surface area contributed by atoms with Gasteiger partial charge in [-0.15, -0.1) is 0 Å². The predicted molar refractivity (Wildman–Crippen MR) is 95.3 cm³/mol. The van der Waals surface area contributed by atoms with Gasteiger partial charge in [-0.3, -0.25) is 9.59 Å². The van der Waals surface area contributed by atoms with Gasteiger partial charge < -0.3 is 10.4 Å². The molecule has 126 valence electrons. The molecule has 5 nitrogen and oxygen atoms in total. The van der Waals surface area contributed by atoms with Crippen molar-refractivity contribution in [2.24, 2.45) is 4.99 Å². The summed E-state index contributed by atoms with van der Waals surface area (Å²) in [5, 5.41) is 12.1. The van der Waals surface area contributed by atoms with E-state index in [4.69, 9.17) is 34.8 Å². The van der Waals surface area contributed by atoms with Crippen molar-refractivity contribution in [1.82, 2.24) is 5.32 Å². The van der Waals surface area contributed by atoms with Gasteiger partial charge in [0, 0.05) is 12.5 Å². The lowest BCUT2D eigenvalue weighted by Crippen LogP contribution is -2.29. The number of phenols is 1. The second-order valence-electron chi connectivity index (χ2n) is 4.97. The quantitative estimate of drug-likeness (QED) is 0.760. The predicted octanol–water partition coefficient (Wildman–Crippen LogP) is 4.28. The van der Waals surface area contributed by atoms with Crippen LogP contribution in [0.5, 0.6) is 5.75 Å². The molecule has 1 aliphatic carbocycles. The Morgan fingerprint density at radius 2 is 1.83 bits per heavy atom. The summed E-state index contributed by atoms with van der Waals surface area (Å²) in [4.78, 5) is 27.8. The smallest absolute Gasteiger partial charge is 0.221 e. The van der Waals surface area contributed by atoms with Crippen molar-refractivity contribution in [3.63, 3.8) is 0 Å². The number of carbonyl (C=O) groups is 2. The Hall–Kier alpha value is -1.82. The van der Waals surface area contributed by atoms with Crippen LogP contribution >= 0.6 is 34.8 Å². The largest absolute Gasteiger partial charge is 0.505 e. The molecule has 0 unspecified atom stereocenters. The Bertz CT molecular complexity index is 803. The molecule has 8 heteroatoms. The normalized spacial score (nSPS) is 16.5. The minimum Gasteiger partial charge on any atom is -0.505 e. The zero-order valence-electron chi connectivity index (χ0n) is 12.8. The van der Waals surface area contributed by atoms with E-state index in [0.29, 0.717) is 23.4 Å². The lowest BCUT2D eigenvalue weighted by molar-refractivity contribution is -0.120. The Balaban J connectivity index is 2.57. The summed E-state index contributed by atoms with van der Waals surface area (Å²) in [6.45, 7) is 3.12. The summed E-state index contributed by atoms with van der Waals surface area (Å²) in [6, 6.07) is 2.86. The number of allylic oxidation sites excluding steroid dienone is 3. The number of aliphatic imine (C=N–C) groups is 1. The number of Topliss-reactive ketones (excluding diaryl/α,β-unsaturated/α-hetero) is 1. The van der Waals surface area contributed by atoms with Gasteiger partial charge in [0.25, 0.3) is 0 Å². The molecule has 0 bridgehead atoms. The molecule has 0 aromatic heterocycles. The van der Waals surface area contributed by atoms with Crippen molar-refractivity contribution in [1.29, 1.82) is 0 Å². The van der Waals surface area contributed by atoms with E-state index < -0.39 is 11.7 Å². The molecule has 1 aromatic carbocycles. The van der Waals surface area contributed by atoms with Crippen molar-refractivity contribution in [3.8, 4) is 5.75 Å². The molecule has 0 radical (unpaired) electrons. The Labute approximate surface area is 153 Å². The van der Waals surface area contributed by atoms with E-state index in [1.54, 1.807) is 0 Å². The van der Waals surface area contributed by atoms with Gasteiger partial charge in [-0.1, -0.05) is 41.7 Å². The number of aromatic hydroxyl groups is 1. The summed E-state index contributed by atoms with van der Waals surface area (Å²) in [7, 11) is 0. The second kappa shape index (κ2) is 7.38. The topological polar surface area (TPSA) is 78.8 Å². The second-order valence-corrected chi connectivity index (χ2v) is 6.16. The van der Waals surface area contributed by atoms with Gasteiger partial charge in [0.15, 0.2) is 5.75 Å². The molecule has 1 aromatic rings. The number of benzene rings is 1. The number of nitrogens with zero attached hydrogens (tertiary/aromatic N) is 1. The van der Waals surface area contributed by atoms with Crippen LogP contribution in [-0.2, 0) is 9.59 Å². The Morgan fingerprint density at radius 3 is 2.33 bits per heavy atom. The monoisotopic (exact) mass is 386 g/mol. The van der Waals surface area contributed by atoms with Crippen molar-refractivity contribution in [3.05, 3.63) is 44.6 Å². The number of ketones is 1. The average Bonchev–Trinajstić information content (AvgIpc) is 2.50. The van der Waals surface area contributed by atoms with E-state index in [-0.39, 0.29) is 26.5 Å². The molecule has 0 atom stereocenters. The third-order valence-corrected chi connectivity index (χ3v) is 4.19. The van der Waals surface area contributed by atoms with E-state index in [1.165, 1.54) is 25.1 Å². The summed E-state index contributed by atoms with van der Waals surface area (Å²) < 4.78 is 0. The molecule has 0 fully saturated rings. The van der Waals surface area contributed by atoms with Crippen LogP contribution in [0.4, 0.5) is 5.69 Å². The maximum Gasteiger partial charge on any atom is 0.221 e. The molecule has 2 rings (SSSR count). The number of nitrogens with one attached hydrogen (secondary N) is 1. The van der Waals surface area contributed by atoms with Crippen molar-refractivity contribution in [2.75, 3.05) is 0 Å². The lowest BCUT2D eigenvalue weighted by Gasteiger charge is -2.17. The fraction of sp³-hybridized carbons (Fsp3) is 0.188. The van der Waals surface area contributed by atoms with E-state index >= 15 is 0 Å². The molecule has 24 heavy (non-hydrogen) atoms. The summed E-state index contributed by atoms with van der Waals surface area (Å²) in [6.07, 6.45) is 1.91. The molecule has 1 aliphatic rings. The highest BCUT2D eigenvalue weighted by Gasteiger charge is 2.26. The molecule has 0 spiro atoms. The zero-order chi connectivity index (χ0) is 18.0. The molecule has 0 aliphatic heterocycles. The minimum absolute atomic E-state index is 0.00141. The van der Waals surface area contributed by atoms with E-state index in [0.717, 1.165) is 0 Å². The van der Waals surface area contributed by atoms with Crippen LogP contribution in [0, 0.1) is 0 Å². The van der Waals surface area contributed by atoms with Gasteiger partial charge in [0.2, 0.25) is 11.7 Å². The van der Waals surface area contributed by atoms with Crippen LogP contribution in [0.2, 0.25) is 10.0 Å². The van der Waals surface area contributed by atoms with Crippen LogP contribution in [0.15, 0.2) is 39.5 Å². The lowest BCUT2D eigenvalue weighted by atomic mass is 9.97. The number of amides is 1. The van der Waals surface area contributed by atoms with Crippen molar-refractivity contribution >= 4 is 57.9 Å². The van der Waals surface area contributed by atoms with Gasteiger partial charge in [0.1, 0.15) is 0 Å². The van der Waals surface area contributed by atoms with Crippen molar-refractivity contribution in [2.45, 2.75) is 20.3 Å². The standard InChI is InChI=1S/C16H13Cl3N2O3/c1-3-9-12(6-13(20-7(2)22)16(24)14(9)19)21-8-4-10(17)15(23)11(18)5-8/h4-6,23H,3H2,1-2H3,(H,20,22).